The Morgan fingerprint density at radius 2 is 1.90 bits per heavy atom. The molecule has 0 unspecified atom stereocenters. The zero-order chi connectivity index (χ0) is 21.4. The number of anilines is 1. The lowest BCUT2D eigenvalue weighted by Crippen LogP contribution is -2.15. The summed E-state index contributed by atoms with van der Waals surface area (Å²) in [4.78, 5) is 14.2. The Morgan fingerprint density at radius 1 is 1.13 bits per heavy atom. The average Bonchev–Trinajstić information content (AvgIpc) is 3.12. The summed E-state index contributed by atoms with van der Waals surface area (Å²) < 4.78 is 14.3. The Morgan fingerprint density at radius 3 is 2.71 bits per heavy atom. The smallest absolute Gasteiger partial charge is 0.175 e. The average molecular weight is 519 g/mol. The van der Waals surface area contributed by atoms with Crippen LogP contribution in [0.2, 0.25) is 5.02 Å². The molecule has 2 N–H and O–H groups in total. The van der Waals surface area contributed by atoms with Gasteiger partial charge in [-0.3, -0.25) is 0 Å². The molecule has 7 nitrogen and oxygen atoms in total. The zero-order valence-electron chi connectivity index (χ0n) is 16.2. The number of rotatable bonds is 5. The Kier molecular flexibility index (Phi) is 5.64. The summed E-state index contributed by atoms with van der Waals surface area (Å²) in [6.45, 7) is 1.71. The van der Waals surface area contributed by atoms with Gasteiger partial charge in [-0.15, -0.1) is 0 Å². The summed E-state index contributed by atoms with van der Waals surface area (Å²) in [6, 6.07) is 11.7. The minimum Gasteiger partial charge on any atom is -0.486 e. The molecule has 0 fully saturated rings. The second kappa shape index (κ2) is 8.57. The van der Waals surface area contributed by atoms with Crippen LogP contribution in [0.5, 0.6) is 11.5 Å². The van der Waals surface area contributed by atoms with Crippen LogP contribution in [0, 0.1) is 0 Å². The maximum atomic E-state index is 6.36. The van der Waals surface area contributed by atoms with Gasteiger partial charge in [0.15, 0.2) is 33.6 Å². The lowest BCUT2D eigenvalue weighted by molar-refractivity contribution is 0.171. The third kappa shape index (κ3) is 4.05. The van der Waals surface area contributed by atoms with Crippen LogP contribution in [-0.2, 0) is 13.0 Å². The largest absolute Gasteiger partial charge is 0.486 e. The van der Waals surface area contributed by atoms with E-state index in [2.05, 4.69) is 25.9 Å². The van der Waals surface area contributed by atoms with Crippen LogP contribution in [0.1, 0.15) is 5.56 Å². The van der Waals surface area contributed by atoms with Crippen molar-refractivity contribution < 1.29 is 9.47 Å². The van der Waals surface area contributed by atoms with Crippen molar-refractivity contribution in [3.63, 3.8) is 0 Å². The molecular weight excluding hydrogens is 502 g/mol. The van der Waals surface area contributed by atoms with Crippen LogP contribution < -0.4 is 15.2 Å². The van der Waals surface area contributed by atoms with Gasteiger partial charge in [-0.05, 0) is 46.1 Å². The van der Waals surface area contributed by atoms with Crippen LogP contribution in [0.3, 0.4) is 0 Å². The molecule has 0 amide bonds. The lowest BCUT2D eigenvalue weighted by Gasteiger charge is -2.19. The van der Waals surface area contributed by atoms with Crippen molar-refractivity contribution in [1.29, 1.82) is 0 Å². The van der Waals surface area contributed by atoms with Gasteiger partial charge < -0.3 is 19.8 Å². The van der Waals surface area contributed by atoms with E-state index in [1.807, 2.05) is 41.0 Å². The van der Waals surface area contributed by atoms with E-state index in [-0.39, 0.29) is 0 Å². The molecule has 0 radical (unpaired) electrons. The number of hydrogen-bond donors (Lipinski definition) is 1. The van der Waals surface area contributed by atoms with Gasteiger partial charge in [-0.1, -0.05) is 41.6 Å². The highest BCUT2D eigenvalue weighted by molar-refractivity contribution is 9.10. The first-order valence-corrected chi connectivity index (χ1v) is 11.6. The standard InChI is InChI=1S/C21H17BrClN5O2S/c22-13-9-15-16(30-8-7-29-15)10-17(13)31-21-27-18-19(24)25-11-26-20(18)28(21)6-5-12-3-1-2-4-14(12)23/h1-4,9-11H,5-8H2,(H2,24,25,26). The van der Waals surface area contributed by atoms with Gasteiger partial charge in [0.1, 0.15) is 19.5 Å². The SMILES string of the molecule is Nc1ncnc2c1nc(Sc1cc3c(cc1Br)OCCO3)n2CCc1ccccc1Cl. The summed E-state index contributed by atoms with van der Waals surface area (Å²) in [5.41, 5.74) is 8.41. The Hall–Kier alpha value is -2.49. The Labute approximate surface area is 196 Å². The predicted octanol–water partition coefficient (Wildman–Crippen LogP) is 4.99. The van der Waals surface area contributed by atoms with Crippen molar-refractivity contribution in [1.82, 2.24) is 19.5 Å². The summed E-state index contributed by atoms with van der Waals surface area (Å²) in [5.74, 6) is 1.80. The van der Waals surface area contributed by atoms with E-state index >= 15 is 0 Å². The molecule has 2 aromatic carbocycles. The highest BCUT2D eigenvalue weighted by Crippen LogP contribution is 2.42. The number of halogens is 2. The number of nitrogens with zero attached hydrogens (tertiary/aromatic N) is 4. The van der Waals surface area contributed by atoms with Crippen molar-refractivity contribution in [3.8, 4) is 11.5 Å². The fourth-order valence-corrected chi connectivity index (χ4v) is 5.11. The van der Waals surface area contributed by atoms with Crippen molar-refractivity contribution >= 4 is 56.3 Å². The van der Waals surface area contributed by atoms with Gasteiger partial charge in [-0.2, -0.15) is 0 Å². The fourth-order valence-electron chi connectivity index (χ4n) is 3.37. The quantitative estimate of drug-likeness (QED) is 0.398. The molecule has 0 atom stereocenters. The van der Waals surface area contributed by atoms with Gasteiger partial charge in [0.05, 0.1) is 0 Å². The molecule has 5 rings (SSSR count). The molecule has 0 aliphatic carbocycles. The van der Waals surface area contributed by atoms with Crippen molar-refractivity contribution in [3.05, 3.63) is 57.8 Å². The van der Waals surface area contributed by atoms with Crippen LogP contribution in [-0.4, -0.2) is 32.7 Å². The van der Waals surface area contributed by atoms with Gasteiger partial charge in [0, 0.05) is 20.9 Å². The number of hydrogen-bond acceptors (Lipinski definition) is 7. The first-order chi connectivity index (χ1) is 15.1. The number of fused-ring (bicyclic) bond motifs is 2. The fraction of sp³-hybridized carbons (Fsp3) is 0.190. The number of aromatic nitrogens is 4. The van der Waals surface area contributed by atoms with E-state index in [1.165, 1.54) is 18.1 Å². The third-order valence-electron chi connectivity index (χ3n) is 4.89. The summed E-state index contributed by atoms with van der Waals surface area (Å²) >= 11 is 11.5. The normalized spacial score (nSPS) is 13.0. The third-order valence-corrected chi connectivity index (χ3v) is 7.23. The highest BCUT2D eigenvalue weighted by atomic mass is 79.9. The number of ether oxygens (including phenoxy) is 2. The van der Waals surface area contributed by atoms with Crippen molar-refractivity contribution in [2.24, 2.45) is 0 Å². The van der Waals surface area contributed by atoms with E-state index in [9.17, 15) is 0 Å². The van der Waals surface area contributed by atoms with Gasteiger partial charge in [-0.25, -0.2) is 15.0 Å². The summed E-state index contributed by atoms with van der Waals surface area (Å²) in [7, 11) is 0. The molecule has 0 bridgehead atoms. The summed E-state index contributed by atoms with van der Waals surface area (Å²) in [6.07, 6.45) is 2.19. The first-order valence-electron chi connectivity index (χ1n) is 9.57. The molecular formula is C21H17BrClN5O2S. The van der Waals surface area contributed by atoms with E-state index in [0.29, 0.717) is 36.7 Å². The minimum absolute atomic E-state index is 0.351. The molecule has 4 aromatic rings. The molecule has 0 saturated heterocycles. The van der Waals surface area contributed by atoms with Crippen molar-refractivity contribution in [2.45, 2.75) is 23.0 Å². The summed E-state index contributed by atoms with van der Waals surface area (Å²) in [5, 5.41) is 1.50. The second-order valence-electron chi connectivity index (χ2n) is 6.85. The van der Waals surface area contributed by atoms with E-state index < -0.39 is 0 Å². The number of nitrogen functional groups attached to an aromatic ring is 1. The van der Waals surface area contributed by atoms with Crippen LogP contribution in [0.15, 0.2) is 57.3 Å². The molecule has 0 saturated carbocycles. The number of benzene rings is 2. The topological polar surface area (TPSA) is 88.1 Å². The van der Waals surface area contributed by atoms with Crippen LogP contribution in [0.25, 0.3) is 11.2 Å². The molecule has 158 valence electrons. The van der Waals surface area contributed by atoms with Gasteiger partial charge in [0.2, 0.25) is 0 Å². The molecule has 31 heavy (non-hydrogen) atoms. The lowest BCUT2D eigenvalue weighted by atomic mass is 10.1. The maximum Gasteiger partial charge on any atom is 0.175 e. The Bertz CT molecular complexity index is 1280. The number of nitrogens with two attached hydrogens (primary N) is 1. The highest BCUT2D eigenvalue weighted by Gasteiger charge is 2.20. The predicted molar refractivity (Wildman–Crippen MR) is 124 cm³/mol. The maximum absolute atomic E-state index is 6.36. The Balaban J connectivity index is 1.53. The zero-order valence-corrected chi connectivity index (χ0v) is 19.4. The molecule has 10 heteroatoms. The number of imidazole rings is 1. The molecule has 0 spiro atoms. The van der Waals surface area contributed by atoms with E-state index in [0.717, 1.165) is 43.0 Å². The van der Waals surface area contributed by atoms with Crippen LogP contribution in [0.4, 0.5) is 5.82 Å². The van der Waals surface area contributed by atoms with E-state index in [1.54, 1.807) is 0 Å². The second-order valence-corrected chi connectivity index (χ2v) is 9.12. The molecule has 1 aliphatic rings. The first kappa shape index (κ1) is 20.4. The van der Waals surface area contributed by atoms with Gasteiger partial charge in [0.25, 0.3) is 0 Å². The van der Waals surface area contributed by atoms with Gasteiger partial charge >= 0.3 is 0 Å². The molecule has 3 heterocycles. The number of aryl methyl sites for hydroxylation is 2. The minimum atomic E-state index is 0.351. The molecule has 2 aromatic heterocycles. The van der Waals surface area contributed by atoms with E-state index in [4.69, 9.17) is 31.8 Å². The molecule has 1 aliphatic heterocycles. The monoisotopic (exact) mass is 517 g/mol. The van der Waals surface area contributed by atoms with Crippen LogP contribution >= 0.6 is 39.3 Å². The van der Waals surface area contributed by atoms with Crippen molar-refractivity contribution in [2.75, 3.05) is 18.9 Å².